The zero-order chi connectivity index (χ0) is 24.2. The van der Waals surface area contributed by atoms with Gasteiger partial charge < -0.3 is 23.7 Å². The van der Waals surface area contributed by atoms with Gasteiger partial charge in [-0.2, -0.15) is 0 Å². The summed E-state index contributed by atoms with van der Waals surface area (Å²) >= 11 is 1.22. The van der Waals surface area contributed by atoms with Crippen molar-refractivity contribution < 1.29 is 57.7 Å². The Morgan fingerprint density at radius 1 is 1.09 bits per heavy atom. The Bertz CT molecular complexity index is 1170. The van der Waals surface area contributed by atoms with Crippen molar-refractivity contribution in [1.29, 1.82) is 0 Å². The van der Waals surface area contributed by atoms with Crippen LogP contribution >= 0.6 is 11.9 Å². The number of anilines is 1. The van der Waals surface area contributed by atoms with E-state index in [-0.39, 0.29) is 47.8 Å². The minimum absolute atomic E-state index is 0. The van der Waals surface area contributed by atoms with Gasteiger partial charge in [-0.05, 0) is 78.7 Å². The van der Waals surface area contributed by atoms with E-state index in [1.807, 2.05) is 30.3 Å². The van der Waals surface area contributed by atoms with E-state index >= 15 is 0 Å². The number of carboxylic acid groups (broad SMARTS) is 1. The SMILES string of the molecule is Cc1cc(OCc2ccc(C(=O)[O-])cc2)c(N(CC2CCO2)Sc2cc(F)cc(F)c2)cc1C.[Na+]. The number of carbonyl (C=O) groups is 1. The zero-order valence-electron chi connectivity index (χ0n) is 19.8. The molecule has 1 aliphatic heterocycles. The van der Waals surface area contributed by atoms with E-state index < -0.39 is 17.6 Å². The summed E-state index contributed by atoms with van der Waals surface area (Å²) in [5.41, 5.74) is 3.74. The van der Waals surface area contributed by atoms with Gasteiger partial charge in [-0.1, -0.05) is 24.3 Å². The van der Waals surface area contributed by atoms with Crippen LogP contribution in [0, 0.1) is 25.5 Å². The summed E-state index contributed by atoms with van der Waals surface area (Å²) in [7, 11) is 0. The second-order valence-electron chi connectivity index (χ2n) is 8.22. The molecule has 1 saturated heterocycles. The number of carbonyl (C=O) groups excluding carboxylic acids is 1. The standard InChI is InChI=1S/C26H25F2NO4S.Na/c1-16-9-24(25(10-17(16)2)33-15-18-3-5-19(6-4-18)26(30)31)29(14-22-7-8-32-22)34-23-12-20(27)11-21(28)13-23;/h3-6,9-13,22H,7-8,14-15H2,1-2H3,(H,30,31);/q;+1/p-1. The van der Waals surface area contributed by atoms with Crippen molar-refractivity contribution in [2.45, 2.75) is 37.9 Å². The molecule has 1 heterocycles. The van der Waals surface area contributed by atoms with Gasteiger partial charge in [-0.3, -0.25) is 0 Å². The van der Waals surface area contributed by atoms with Crippen LogP contribution in [-0.4, -0.2) is 25.2 Å². The number of carboxylic acids is 1. The zero-order valence-corrected chi connectivity index (χ0v) is 22.7. The molecule has 5 nitrogen and oxygen atoms in total. The van der Waals surface area contributed by atoms with Crippen molar-refractivity contribution in [2.24, 2.45) is 0 Å². The van der Waals surface area contributed by atoms with Crippen LogP contribution in [0.3, 0.4) is 0 Å². The molecule has 178 valence electrons. The minimum Gasteiger partial charge on any atom is -0.545 e. The molecule has 35 heavy (non-hydrogen) atoms. The Balaban J connectivity index is 0.00000342. The number of hydrogen-bond donors (Lipinski definition) is 0. The van der Waals surface area contributed by atoms with Crippen LogP contribution in [0.5, 0.6) is 5.75 Å². The predicted molar refractivity (Wildman–Crippen MR) is 125 cm³/mol. The Labute approximate surface area is 229 Å². The van der Waals surface area contributed by atoms with Gasteiger partial charge in [0.25, 0.3) is 0 Å². The van der Waals surface area contributed by atoms with Gasteiger partial charge >= 0.3 is 29.6 Å². The monoisotopic (exact) mass is 507 g/mol. The molecule has 0 aliphatic carbocycles. The molecule has 1 fully saturated rings. The van der Waals surface area contributed by atoms with E-state index in [2.05, 4.69) is 0 Å². The van der Waals surface area contributed by atoms with Gasteiger partial charge in [0.2, 0.25) is 0 Å². The van der Waals surface area contributed by atoms with E-state index in [0.29, 0.717) is 23.8 Å². The third-order valence-electron chi connectivity index (χ3n) is 5.64. The molecule has 0 bridgehead atoms. The van der Waals surface area contributed by atoms with Gasteiger partial charge in [-0.25, -0.2) is 8.78 Å². The van der Waals surface area contributed by atoms with Crippen molar-refractivity contribution in [1.82, 2.24) is 0 Å². The van der Waals surface area contributed by atoms with Gasteiger partial charge in [0.05, 0.1) is 24.3 Å². The van der Waals surface area contributed by atoms with Crippen LogP contribution in [0.15, 0.2) is 59.5 Å². The topological polar surface area (TPSA) is 61.8 Å². The first-order valence-electron chi connectivity index (χ1n) is 10.9. The maximum Gasteiger partial charge on any atom is 1.00 e. The van der Waals surface area contributed by atoms with E-state index in [9.17, 15) is 18.7 Å². The molecule has 3 aromatic rings. The summed E-state index contributed by atoms with van der Waals surface area (Å²) < 4.78 is 41.4. The first-order valence-corrected chi connectivity index (χ1v) is 11.6. The summed E-state index contributed by atoms with van der Waals surface area (Å²) in [5, 5.41) is 11.0. The summed E-state index contributed by atoms with van der Waals surface area (Å²) in [4.78, 5) is 11.4. The molecular weight excluding hydrogens is 483 g/mol. The van der Waals surface area contributed by atoms with Crippen molar-refractivity contribution in [2.75, 3.05) is 17.5 Å². The first-order chi connectivity index (χ1) is 16.3. The molecule has 0 aromatic heterocycles. The van der Waals surface area contributed by atoms with Crippen molar-refractivity contribution in [3.8, 4) is 5.75 Å². The number of aryl methyl sites for hydroxylation is 2. The van der Waals surface area contributed by atoms with Gasteiger partial charge in [0, 0.05) is 17.6 Å². The molecule has 0 radical (unpaired) electrons. The maximum absolute atomic E-state index is 13.8. The Hall–Kier alpha value is -2.10. The maximum atomic E-state index is 13.8. The molecule has 1 aliphatic rings. The Morgan fingerprint density at radius 3 is 2.29 bits per heavy atom. The van der Waals surface area contributed by atoms with E-state index in [1.165, 1.54) is 36.2 Å². The summed E-state index contributed by atoms with van der Waals surface area (Å²) in [6, 6.07) is 13.7. The van der Waals surface area contributed by atoms with Crippen LogP contribution in [0.4, 0.5) is 14.5 Å². The molecule has 4 rings (SSSR count). The van der Waals surface area contributed by atoms with Gasteiger partial charge in [-0.15, -0.1) is 0 Å². The number of hydrogen-bond acceptors (Lipinski definition) is 6. The van der Waals surface area contributed by atoms with Crippen LogP contribution in [0.2, 0.25) is 0 Å². The molecule has 9 heteroatoms. The number of benzene rings is 3. The van der Waals surface area contributed by atoms with Crippen LogP contribution in [0.25, 0.3) is 0 Å². The van der Waals surface area contributed by atoms with Crippen molar-refractivity contribution in [3.63, 3.8) is 0 Å². The average Bonchev–Trinajstić information content (AvgIpc) is 2.75. The fourth-order valence-corrected chi connectivity index (χ4v) is 4.56. The number of halogens is 2. The van der Waals surface area contributed by atoms with Crippen molar-refractivity contribution in [3.05, 3.63) is 88.5 Å². The number of aromatic carboxylic acids is 1. The quantitative estimate of drug-likeness (QED) is 0.326. The molecule has 1 atom stereocenters. The van der Waals surface area contributed by atoms with Crippen molar-refractivity contribution >= 4 is 23.6 Å². The minimum atomic E-state index is -1.23. The first kappa shape index (κ1) is 27.5. The second-order valence-corrected chi connectivity index (χ2v) is 9.31. The van der Waals surface area contributed by atoms with E-state index in [0.717, 1.165) is 34.9 Å². The molecule has 0 saturated carbocycles. The van der Waals surface area contributed by atoms with E-state index in [4.69, 9.17) is 9.47 Å². The third-order valence-corrected chi connectivity index (χ3v) is 6.66. The Morgan fingerprint density at radius 2 is 1.71 bits per heavy atom. The summed E-state index contributed by atoms with van der Waals surface area (Å²) in [6.07, 6.45) is 0.915. The van der Waals surface area contributed by atoms with Crippen LogP contribution in [0.1, 0.15) is 33.5 Å². The number of rotatable bonds is 9. The van der Waals surface area contributed by atoms with E-state index in [1.54, 1.807) is 12.1 Å². The summed E-state index contributed by atoms with van der Waals surface area (Å²) in [5.74, 6) is -1.91. The Kier molecular flexibility index (Phi) is 9.61. The molecule has 0 spiro atoms. The predicted octanol–water partition coefficient (Wildman–Crippen LogP) is 1.83. The molecule has 0 amide bonds. The summed E-state index contributed by atoms with van der Waals surface area (Å²) in [6.45, 7) is 5.40. The largest absolute Gasteiger partial charge is 1.00 e. The number of ether oxygens (including phenoxy) is 2. The molecular formula is C26H24F2NNaO4S. The van der Waals surface area contributed by atoms with Crippen LogP contribution in [-0.2, 0) is 11.3 Å². The van der Waals surface area contributed by atoms with Gasteiger partial charge in [0.1, 0.15) is 24.0 Å². The van der Waals surface area contributed by atoms with Crippen LogP contribution < -0.4 is 43.7 Å². The van der Waals surface area contributed by atoms with Gasteiger partial charge in [0.15, 0.2) is 0 Å². The smallest absolute Gasteiger partial charge is 0.545 e. The normalized spacial score (nSPS) is 14.6. The third kappa shape index (κ3) is 7.21. The fraction of sp³-hybridized carbons (Fsp3) is 0.269. The fourth-order valence-electron chi connectivity index (χ4n) is 3.49. The second kappa shape index (κ2) is 12.2. The molecule has 3 aromatic carbocycles. The molecule has 1 unspecified atom stereocenters. The molecule has 0 N–H and O–H groups in total. The average molecular weight is 508 g/mol. The number of nitrogens with zero attached hydrogens (tertiary/aromatic N) is 1.